The predicted octanol–water partition coefficient (Wildman–Crippen LogP) is 7.58. The lowest BCUT2D eigenvalue weighted by Crippen LogP contribution is -2.48. The van der Waals surface area contributed by atoms with Crippen LogP contribution < -0.4 is 0 Å². The van der Waals surface area contributed by atoms with Crippen LogP contribution in [0, 0.1) is 23.0 Å². The van der Waals surface area contributed by atoms with Gasteiger partial charge in [-0.2, -0.15) is 0 Å². The van der Waals surface area contributed by atoms with E-state index in [0.29, 0.717) is 12.1 Å². The number of amides is 2. The quantitative estimate of drug-likeness (QED) is 0.187. The van der Waals surface area contributed by atoms with Crippen molar-refractivity contribution in [3.8, 4) is 10.6 Å². The number of likely N-dealkylation sites (tertiary alicyclic amines) is 1. The van der Waals surface area contributed by atoms with Gasteiger partial charge in [0, 0.05) is 35.9 Å². The average Bonchev–Trinajstić information content (AvgIpc) is 3.63. The van der Waals surface area contributed by atoms with Gasteiger partial charge in [-0.1, -0.05) is 81.4 Å². The van der Waals surface area contributed by atoms with E-state index in [0.717, 1.165) is 34.2 Å². The fraction of sp³-hybridized carbons (Fsp3) is 0.378. The smallest absolute Gasteiger partial charge is 0.410 e. The molecule has 0 spiro atoms. The van der Waals surface area contributed by atoms with E-state index in [4.69, 9.17) is 9.72 Å². The molecular formula is C37H40F3N3O4S. The summed E-state index contributed by atoms with van der Waals surface area (Å²) in [6.45, 7) is 6.79. The molecule has 1 fully saturated rings. The number of thiazole rings is 1. The Morgan fingerprint density at radius 3 is 2.29 bits per heavy atom. The molecule has 2 heterocycles. The second-order valence-electron chi connectivity index (χ2n) is 13.3. The van der Waals surface area contributed by atoms with Crippen molar-refractivity contribution >= 4 is 23.3 Å². The number of carbonyl (C=O) groups is 2. The molecule has 48 heavy (non-hydrogen) atoms. The number of rotatable bonds is 10. The largest absolute Gasteiger partial charge is 0.445 e. The van der Waals surface area contributed by atoms with Gasteiger partial charge in [-0.05, 0) is 41.7 Å². The number of carbonyl (C=O) groups excluding carboxylic acids is 2. The average molecular weight is 680 g/mol. The number of hydrogen-bond acceptors (Lipinski definition) is 6. The summed E-state index contributed by atoms with van der Waals surface area (Å²) in [4.78, 5) is 35.1. The Morgan fingerprint density at radius 1 is 1.02 bits per heavy atom. The van der Waals surface area contributed by atoms with Crippen molar-refractivity contribution in [3.05, 3.63) is 112 Å². The van der Waals surface area contributed by atoms with Crippen LogP contribution in [0.4, 0.5) is 18.0 Å². The third-order valence-corrected chi connectivity index (χ3v) is 9.49. The first-order valence-corrected chi connectivity index (χ1v) is 16.7. The number of halogens is 3. The molecule has 0 unspecified atom stereocenters. The van der Waals surface area contributed by atoms with E-state index in [9.17, 15) is 19.1 Å². The second kappa shape index (κ2) is 14.9. The maximum absolute atomic E-state index is 15.7. The first-order chi connectivity index (χ1) is 22.8. The van der Waals surface area contributed by atoms with E-state index in [1.165, 1.54) is 28.1 Å². The van der Waals surface area contributed by atoms with Gasteiger partial charge in [0.15, 0.2) is 0 Å². The van der Waals surface area contributed by atoms with Crippen LogP contribution in [-0.2, 0) is 22.6 Å². The maximum atomic E-state index is 15.7. The summed E-state index contributed by atoms with van der Waals surface area (Å²) in [5.41, 5.74) is 1.48. The van der Waals surface area contributed by atoms with Crippen LogP contribution in [-0.4, -0.2) is 63.8 Å². The zero-order chi connectivity index (χ0) is 34.6. The van der Waals surface area contributed by atoms with Gasteiger partial charge < -0.3 is 19.6 Å². The number of aromatic nitrogens is 1. The van der Waals surface area contributed by atoms with Gasteiger partial charge in [0.25, 0.3) is 5.91 Å². The molecule has 3 aromatic carbocycles. The monoisotopic (exact) mass is 679 g/mol. The zero-order valence-corrected chi connectivity index (χ0v) is 28.2. The Kier molecular flexibility index (Phi) is 10.9. The van der Waals surface area contributed by atoms with E-state index in [1.54, 1.807) is 0 Å². The molecule has 11 heteroatoms. The number of nitrogens with zero attached hydrogens (tertiary/aromatic N) is 3. The Balaban J connectivity index is 1.50. The summed E-state index contributed by atoms with van der Waals surface area (Å²) in [6.07, 6.45) is -3.14. The van der Waals surface area contributed by atoms with E-state index in [1.807, 2.05) is 81.4 Å². The third kappa shape index (κ3) is 8.25. The fourth-order valence-corrected chi connectivity index (χ4v) is 7.21. The van der Waals surface area contributed by atoms with Gasteiger partial charge in [0.2, 0.25) is 0 Å². The van der Waals surface area contributed by atoms with Crippen LogP contribution in [0.5, 0.6) is 0 Å². The Morgan fingerprint density at radius 2 is 1.67 bits per heavy atom. The third-order valence-electron chi connectivity index (χ3n) is 8.38. The molecule has 1 N–H and O–H groups in total. The summed E-state index contributed by atoms with van der Waals surface area (Å²) in [7, 11) is 0. The van der Waals surface area contributed by atoms with Crippen LogP contribution >= 0.6 is 11.3 Å². The molecular weight excluding hydrogens is 639 g/mol. The number of hydrogen-bond donors (Lipinski definition) is 1. The molecule has 7 nitrogen and oxygen atoms in total. The molecule has 1 saturated heterocycles. The minimum Gasteiger partial charge on any atom is -0.445 e. The van der Waals surface area contributed by atoms with Crippen molar-refractivity contribution in [3.63, 3.8) is 0 Å². The molecule has 2 amide bonds. The van der Waals surface area contributed by atoms with Crippen LogP contribution in [0.2, 0.25) is 0 Å². The molecule has 1 aromatic heterocycles. The SMILES string of the molecule is C[C@H](O)C(=O)N(C[C@@H]1CN(C(=O)OCc2ccccc2)C[C@@H]1F)[C@@H](c1nc(-c2cc(F)ccc2F)sc1Cc1ccccc1)C(C)(C)C. The van der Waals surface area contributed by atoms with Crippen molar-refractivity contribution in [2.45, 2.75) is 59.0 Å². The highest BCUT2D eigenvalue weighted by Crippen LogP contribution is 2.44. The zero-order valence-electron chi connectivity index (χ0n) is 27.4. The standard InChI is InChI=1S/C37H40F3N3O4S/c1-23(44)35(45)43(20-26-19-42(21-30(26)40)36(46)47-22-25-13-9-6-10-14-25)33(37(2,3)4)32-31(17-24-11-7-5-8-12-24)48-34(41-32)28-18-27(38)15-16-29(28)39/h5-16,18,23,26,30,33,44H,17,19-22H2,1-4H3/t23-,26-,30-,33-/m0/s1. The predicted molar refractivity (Wildman–Crippen MR) is 179 cm³/mol. The van der Waals surface area contributed by atoms with Crippen molar-refractivity contribution in [2.24, 2.45) is 11.3 Å². The highest BCUT2D eigenvalue weighted by Gasteiger charge is 2.44. The highest BCUT2D eigenvalue weighted by atomic mass is 32.1. The number of aliphatic hydroxyl groups is 1. The molecule has 0 bridgehead atoms. The van der Waals surface area contributed by atoms with Gasteiger partial charge in [0.1, 0.15) is 35.5 Å². The first-order valence-electron chi connectivity index (χ1n) is 15.9. The normalized spacial score (nSPS) is 17.6. The lowest BCUT2D eigenvalue weighted by atomic mass is 9.81. The molecule has 5 rings (SSSR count). The molecule has 0 saturated carbocycles. The Labute approximate surface area is 283 Å². The molecule has 1 aliphatic rings. The van der Waals surface area contributed by atoms with Crippen LogP contribution in [0.15, 0.2) is 78.9 Å². The van der Waals surface area contributed by atoms with Crippen LogP contribution in [0.3, 0.4) is 0 Å². The first kappa shape index (κ1) is 35.1. The summed E-state index contributed by atoms with van der Waals surface area (Å²) in [5.74, 6) is -2.67. The van der Waals surface area contributed by atoms with Crippen molar-refractivity contribution in [1.82, 2.24) is 14.8 Å². The maximum Gasteiger partial charge on any atom is 0.410 e. The molecule has 1 aliphatic heterocycles. The van der Waals surface area contributed by atoms with E-state index in [-0.39, 0.29) is 36.8 Å². The summed E-state index contributed by atoms with van der Waals surface area (Å²) >= 11 is 1.20. The van der Waals surface area contributed by atoms with Crippen molar-refractivity contribution in [1.29, 1.82) is 0 Å². The van der Waals surface area contributed by atoms with Crippen LogP contribution in [0.25, 0.3) is 10.6 Å². The Hall–Kier alpha value is -4.22. The van der Waals surface area contributed by atoms with E-state index >= 15 is 8.78 Å². The minimum atomic E-state index is -1.46. The highest BCUT2D eigenvalue weighted by molar-refractivity contribution is 7.15. The lowest BCUT2D eigenvalue weighted by Gasteiger charge is -2.41. The Bertz CT molecular complexity index is 1710. The molecule has 0 aliphatic carbocycles. The van der Waals surface area contributed by atoms with Gasteiger partial charge in [0.05, 0.1) is 18.3 Å². The number of aliphatic hydroxyl groups excluding tert-OH is 1. The number of ether oxygens (including phenoxy) is 1. The molecule has 4 aromatic rings. The second-order valence-corrected chi connectivity index (χ2v) is 14.4. The van der Waals surface area contributed by atoms with Gasteiger partial charge in [-0.3, -0.25) is 4.79 Å². The molecule has 254 valence electrons. The van der Waals surface area contributed by atoms with Crippen molar-refractivity contribution in [2.75, 3.05) is 19.6 Å². The number of benzene rings is 3. The van der Waals surface area contributed by atoms with Gasteiger partial charge in [-0.25, -0.2) is 22.9 Å². The van der Waals surface area contributed by atoms with Crippen LogP contribution in [0.1, 0.15) is 55.4 Å². The fourth-order valence-electron chi connectivity index (χ4n) is 6.07. The minimum absolute atomic E-state index is 0.00291. The van der Waals surface area contributed by atoms with E-state index < -0.39 is 53.3 Å². The molecule has 0 radical (unpaired) electrons. The van der Waals surface area contributed by atoms with E-state index in [2.05, 4.69) is 0 Å². The van der Waals surface area contributed by atoms with Gasteiger partial charge >= 0.3 is 6.09 Å². The lowest BCUT2D eigenvalue weighted by molar-refractivity contribution is -0.145. The summed E-state index contributed by atoms with van der Waals surface area (Å²) in [5, 5.41) is 10.8. The summed E-state index contributed by atoms with van der Waals surface area (Å²) in [6, 6.07) is 21.1. The topological polar surface area (TPSA) is 83.0 Å². The number of alkyl halides is 1. The van der Waals surface area contributed by atoms with Gasteiger partial charge in [-0.15, -0.1) is 11.3 Å². The molecule has 4 atom stereocenters. The van der Waals surface area contributed by atoms with Crippen molar-refractivity contribution < 1.29 is 32.6 Å². The summed E-state index contributed by atoms with van der Waals surface area (Å²) < 4.78 is 50.5.